The van der Waals surface area contributed by atoms with Crippen LogP contribution < -0.4 is 5.73 Å². The lowest BCUT2D eigenvalue weighted by atomic mass is 9.96. The molecule has 1 heterocycles. The zero-order valence-corrected chi connectivity index (χ0v) is 8.89. The van der Waals surface area contributed by atoms with Gasteiger partial charge >= 0.3 is 0 Å². The molecule has 0 bridgehead atoms. The Morgan fingerprint density at radius 1 is 1.67 bits per heavy atom. The van der Waals surface area contributed by atoms with Crippen molar-refractivity contribution in [3.8, 4) is 0 Å². The predicted octanol–water partition coefficient (Wildman–Crippen LogP) is 0.0541. The quantitative estimate of drug-likeness (QED) is 0.762. The van der Waals surface area contributed by atoms with Crippen LogP contribution in [0, 0.1) is 5.92 Å². The first-order valence-corrected chi connectivity index (χ1v) is 5.30. The molecule has 1 fully saturated rings. The van der Waals surface area contributed by atoms with Crippen molar-refractivity contribution < 1.29 is 4.79 Å². The summed E-state index contributed by atoms with van der Waals surface area (Å²) in [5.41, 5.74) is 6.61. The first-order chi connectivity index (χ1) is 7.16. The minimum Gasteiger partial charge on any atom is -0.327 e. The molecule has 2 N–H and O–H groups in total. The lowest BCUT2D eigenvalue weighted by Gasteiger charge is -2.12. The van der Waals surface area contributed by atoms with Crippen molar-refractivity contribution in [2.75, 3.05) is 0 Å². The van der Waals surface area contributed by atoms with E-state index >= 15 is 0 Å². The highest BCUT2D eigenvalue weighted by Crippen LogP contribution is 2.25. The highest BCUT2D eigenvalue weighted by Gasteiger charge is 2.30. The minimum atomic E-state index is 0.0343. The molecule has 2 atom stereocenters. The van der Waals surface area contributed by atoms with Crippen LogP contribution in [-0.2, 0) is 18.3 Å². The van der Waals surface area contributed by atoms with Crippen LogP contribution in [0.25, 0.3) is 0 Å². The van der Waals surface area contributed by atoms with Crippen molar-refractivity contribution in [2.45, 2.75) is 31.7 Å². The van der Waals surface area contributed by atoms with E-state index in [9.17, 15) is 4.79 Å². The summed E-state index contributed by atoms with van der Waals surface area (Å²) in [4.78, 5) is 11.9. The third kappa shape index (κ3) is 2.23. The number of aromatic nitrogens is 3. The van der Waals surface area contributed by atoms with E-state index in [4.69, 9.17) is 5.73 Å². The second-order valence-electron chi connectivity index (χ2n) is 4.23. The van der Waals surface area contributed by atoms with E-state index in [1.165, 1.54) is 0 Å². The van der Waals surface area contributed by atoms with Crippen molar-refractivity contribution in [3.63, 3.8) is 0 Å². The summed E-state index contributed by atoms with van der Waals surface area (Å²) in [5, 5.41) is 7.70. The lowest BCUT2D eigenvalue weighted by Crippen LogP contribution is -2.31. The summed E-state index contributed by atoms with van der Waals surface area (Å²) < 4.78 is 1.61. The van der Waals surface area contributed by atoms with Gasteiger partial charge in [0.25, 0.3) is 0 Å². The van der Waals surface area contributed by atoms with E-state index in [0.717, 1.165) is 25.0 Å². The number of nitrogens with two attached hydrogens (primary N) is 1. The average molecular weight is 208 g/mol. The largest absolute Gasteiger partial charge is 0.327 e. The molecule has 82 valence electrons. The molecule has 0 saturated heterocycles. The molecule has 0 aliphatic heterocycles. The van der Waals surface area contributed by atoms with E-state index < -0.39 is 0 Å². The van der Waals surface area contributed by atoms with Gasteiger partial charge in [0.15, 0.2) is 0 Å². The van der Waals surface area contributed by atoms with Crippen LogP contribution in [0.15, 0.2) is 6.20 Å². The number of aryl methyl sites for hydroxylation is 1. The fraction of sp³-hybridized carbons (Fsp3) is 0.700. The monoisotopic (exact) mass is 208 g/mol. The van der Waals surface area contributed by atoms with Crippen LogP contribution in [0.4, 0.5) is 0 Å². The molecule has 0 amide bonds. The highest BCUT2D eigenvalue weighted by molar-refractivity contribution is 5.83. The van der Waals surface area contributed by atoms with E-state index in [2.05, 4.69) is 10.3 Å². The van der Waals surface area contributed by atoms with Gasteiger partial charge in [-0.25, -0.2) is 0 Å². The van der Waals surface area contributed by atoms with E-state index in [-0.39, 0.29) is 17.7 Å². The Bertz CT molecular complexity index is 360. The molecule has 2 unspecified atom stereocenters. The second-order valence-corrected chi connectivity index (χ2v) is 4.23. The zero-order valence-electron chi connectivity index (χ0n) is 8.89. The molecule has 1 aromatic heterocycles. The smallest absolute Gasteiger partial charge is 0.143 e. The van der Waals surface area contributed by atoms with Gasteiger partial charge in [-0.2, -0.15) is 0 Å². The summed E-state index contributed by atoms with van der Waals surface area (Å²) in [6, 6.07) is 0.0502. The Hall–Kier alpha value is -1.23. The molecule has 0 spiro atoms. The van der Waals surface area contributed by atoms with Crippen LogP contribution in [0.2, 0.25) is 0 Å². The first-order valence-electron chi connectivity index (χ1n) is 5.30. The molecule has 0 aromatic carbocycles. The Kier molecular flexibility index (Phi) is 2.81. The lowest BCUT2D eigenvalue weighted by molar-refractivity contribution is -0.122. The molecule has 1 aromatic rings. The Labute approximate surface area is 88.6 Å². The van der Waals surface area contributed by atoms with Gasteiger partial charge in [-0.05, 0) is 12.8 Å². The van der Waals surface area contributed by atoms with Crippen molar-refractivity contribution in [1.29, 1.82) is 0 Å². The van der Waals surface area contributed by atoms with Crippen LogP contribution >= 0.6 is 0 Å². The van der Waals surface area contributed by atoms with Crippen molar-refractivity contribution in [3.05, 3.63) is 11.9 Å². The molecule has 5 nitrogen and oxygen atoms in total. The van der Waals surface area contributed by atoms with Gasteiger partial charge < -0.3 is 5.73 Å². The maximum absolute atomic E-state index is 11.9. The Morgan fingerprint density at radius 2 is 2.47 bits per heavy atom. The summed E-state index contributed by atoms with van der Waals surface area (Å²) in [7, 11) is 1.79. The molecular formula is C10H16N4O. The zero-order chi connectivity index (χ0) is 10.8. The second kappa shape index (κ2) is 4.10. The molecular weight excluding hydrogens is 192 g/mol. The van der Waals surface area contributed by atoms with E-state index in [0.29, 0.717) is 6.42 Å². The number of carbonyl (C=O) groups is 1. The Morgan fingerprint density at radius 3 is 3.00 bits per heavy atom. The number of ketones is 1. The third-order valence-corrected chi connectivity index (χ3v) is 2.99. The van der Waals surface area contributed by atoms with Crippen molar-refractivity contribution >= 4 is 5.78 Å². The topological polar surface area (TPSA) is 73.8 Å². The predicted molar refractivity (Wildman–Crippen MR) is 55.0 cm³/mol. The SMILES string of the molecule is Cn1cc(CC(=O)C2CCCC2N)nn1. The molecule has 15 heavy (non-hydrogen) atoms. The first kappa shape index (κ1) is 10.3. The van der Waals surface area contributed by atoms with Crippen molar-refractivity contribution in [2.24, 2.45) is 18.7 Å². The van der Waals surface area contributed by atoms with Gasteiger partial charge in [0.05, 0.1) is 12.1 Å². The standard InChI is InChI=1S/C10H16N4O/c1-14-6-7(12-13-14)5-10(15)8-3-2-4-9(8)11/h6,8-9H,2-5,11H2,1H3. The minimum absolute atomic E-state index is 0.0343. The molecule has 5 heteroatoms. The fourth-order valence-electron chi connectivity index (χ4n) is 2.17. The number of carbonyl (C=O) groups excluding carboxylic acids is 1. The number of nitrogens with zero attached hydrogens (tertiary/aromatic N) is 3. The molecule has 1 aliphatic carbocycles. The van der Waals surface area contributed by atoms with Gasteiger partial charge in [-0.15, -0.1) is 5.10 Å². The fourth-order valence-corrected chi connectivity index (χ4v) is 2.17. The molecule has 1 aliphatic rings. The number of hydrogen-bond acceptors (Lipinski definition) is 4. The summed E-state index contributed by atoms with van der Waals surface area (Å²) in [5.74, 6) is 0.243. The van der Waals surface area contributed by atoms with E-state index in [1.807, 2.05) is 0 Å². The van der Waals surface area contributed by atoms with Gasteiger partial charge in [0.2, 0.25) is 0 Å². The Balaban J connectivity index is 1.97. The molecule has 0 radical (unpaired) electrons. The van der Waals surface area contributed by atoms with E-state index in [1.54, 1.807) is 17.9 Å². The highest BCUT2D eigenvalue weighted by atomic mass is 16.1. The normalized spacial score (nSPS) is 25.7. The van der Waals surface area contributed by atoms with Gasteiger partial charge in [-0.3, -0.25) is 9.48 Å². The average Bonchev–Trinajstić information content (AvgIpc) is 2.75. The van der Waals surface area contributed by atoms with Gasteiger partial charge in [0.1, 0.15) is 5.78 Å². The maximum atomic E-state index is 11.9. The summed E-state index contributed by atoms with van der Waals surface area (Å²) in [6.07, 6.45) is 5.11. The van der Waals surface area contributed by atoms with Crippen LogP contribution in [0.5, 0.6) is 0 Å². The van der Waals surface area contributed by atoms with Crippen LogP contribution in [-0.4, -0.2) is 26.8 Å². The summed E-state index contributed by atoms with van der Waals surface area (Å²) in [6.45, 7) is 0. The number of rotatable bonds is 3. The van der Waals surface area contributed by atoms with Crippen LogP contribution in [0.3, 0.4) is 0 Å². The van der Waals surface area contributed by atoms with Crippen molar-refractivity contribution in [1.82, 2.24) is 15.0 Å². The van der Waals surface area contributed by atoms with Crippen LogP contribution in [0.1, 0.15) is 25.0 Å². The molecule has 2 rings (SSSR count). The van der Waals surface area contributed by atoms with Gasteiger partial charge in [0, 0.05) is 25.2 Å². The van der Waals surface area contributed by atoms with Gasteiger partial charge in [-0.1, -0.05) is 11.6 Å². The third-order valence-electron chi connectivity index (χ3n) is 2.99. The number of hydrogen-bond donors (Lipinski definition) is 1. The molecule has 1 saturated carbocycles. The number of Topliss-reactive ketones (excluding diaryl/α,β-unsaturated/α-hetero) is 1. The maximum Gasteiger partial charge on any atom is 0.143 e. The summed E-state index contributed by atoms with van der Waals surface area (Å²) >= 11 is 0.